The number of rotatable bonds is 5. The Hall–Kier alpha value is -3.81. The molecule has 0 amide bonds. The number of aliphatic imine (C=N–C) groups is 1. The van der Waals surface area contributed by atoms with E-state index in [1.54, 1.807) is 0 Å². The predicted molar refractivity (Wildman–Crippen MR) is 114 cm³/mol. The second kappa shape index (κ2) is 8.36. The average Bonchev–Trinajstić information content (AvgIpc) is 3.36. The van der Waals surface area contributed by atoms with Crippen LogP contribution in [-0.4, -0.2) is 50.3 Å². The number of halogens is 7. The normalized spacial score (nSPS) is 26.6. The van der Waals surface area contributed by atoms with Gasteiger partial charge in [-0.3, -0.25) is 4.99 Å². The van der Waals surface area contributed by atoms with Crippen molar-refractivity contribution in [3.8, 4) is 5.75 Å². The first kappa shape index (κ1) is 24.9. The molecule has 3 atom stereocenters. The van der Waals surface area contributed by atoms with E-state index in [1.807, 2.05) is 0 Å². The van der Waals surface area contributed by atoms with Crippen molar-refractivity contribution in [2.75, 3.05) is 0 Å². The molecule has 1 saturated heterocycles. The number of allylic oxidation sites excluding steroid dienone is 1. The first-order valence-corrected chi connectivity index (χ1v) is 10.7. The second-order valence-electron chi connectivity index (χ2n) is 8.68. The van der Waals surface area contributed by atoms with E-state index in [0.717, 1.165) is 41.6 Å². The lowest BCUT2D eigenvalue weighted by atomic mass is 9.81. The van der Waals surface area contributed by atoms with Crippen molar-refractivity contribution in [1.82, 2.24) is 20.2 Å². The number of aromatic nitrogens is 4. The number of nitrogens with zero attached hydrogens (tertiary/aromatic N) is 5. The number of benzene rings is 2. The van der Waals surface area contributed by atoms with Gasteiger partial charge >= 0.3 is 12.3 Å². The van der Waals surface area contributed by atoms with Gasteiger partial charge in [-0.05, 0) is 53.6 Å². The Labute approximate surface area is 204 Å². The molecule has 0 bridgehead atoms. The van der Waals surface area contributed by atoms with Gasteiger partial charge in [-0.1, -0.05) is 12.1 Å². The summed E-state index contributed by atoms with van der Waals surface area (Å²) in [7, 11) is 0. The third-order valence-electron chi connectivity index (χ3n) is 6.17. The van der Waals surface area contributed by atoms with Crippen molar-refractivity contribution in [3.05, 3.63) is 77.6 Å². The van der Waals surface area contributed by atoms with E-state index < -0.39 is 59.0 Å². The van der Waals surface area contributed by atoms with E-state index in [9.17, 15) is 22.0 Å². The molecule has 2 aliphatic heterocycles. The molecule has 1 fully saturated rings. The highest BCUT2D eigenvalue weighted by Crippen LogP contribution is 2.58. The highest BCUT2D eigenvalue weighted by Gasteiger charge is 2.74. The minimum Gasteiger partial charge on any atom is -0.406 e. The van der Waals surface area contributed by atoms with Crippen molar-refractivity contribution >= 4 is 11.8 Å². The zero-order valence-electron chi connectivity index (χ0n) is 18.8. The van der Waals surface area contributed by atoms with Crippen LogP contribution in [0.1, 0.15) is 18.1 Å². The van der Waals surface area contributed by atoms with Crippen LogP contribution in [0.15, 0.2) is 59.9 Å². The van der Waals surface area contributed by atoms with Crippen LogP contribution in [0.2, 0.25) is 0 Å². The fourth-order valence-corrected chi connectivity index (χ4v) is 4.67. The number of dihydropyridines is 1. The summed E-state index contributed by atoms with van der Waals surface area (Å²) in [5.41, 5.74) is -4.57. The minimum atomic E-state index is -4.88. The lowest BCUT2D eigenvalue weighted by Gasteiger charge is -2.34. The smallest absolute Gasteiger partial charge is 0.406 e. The standard InChI is InChI=1S/C23H16F7N5O2/c1-20-9-14(13-2-5-16(6-3-13)36-23(28,29)30)10-31-19(20)22(26,27)21(37-20,11-35-33-12-32-34-35)17-7-4-15(24)8-18(17)25/h2-10,12,19H,11H2,1H3. The van der Waals surface area contributed by atoms with E-state index in [0.29, 0.717) is 11.6 Å². The molecule has 1 aromatic heterocycles. The molecule has 14 heteroatoms. The Bertz CT molecular complexity index is 1380. The molecule has 0 saturated carbocycles. The van der Waals surface area contributed by atoms with Crippen molar-refractivity contribution in [3.63, 3.8) is 0 Å². The molecule has 37 heavy (non-hydrogen) atoms. The Kier molecular flexibility index (Phi) is 5.62. The van der Waals surface area contributed by atoms with Crippen LogP contribution in [0.25, 0.3) is 5.57 Å². The van der Waals surface area contributed by atoms with Gasteiger partial charge in [0.05, 0.1) is 0 Å². The van der Waals surface area contributed by atoms with E-state index in [-0.39, 0.29) is 5.57 Å². The van der Waals surface area contributed by atoms with Crippen LogP contribution >= 0.6 is 0 Å². The summed E-state index contributed by atoms with van der Waals surface area (Å²) in [6, 6.07) is 5.02. The van der Waals surface area contributed by atoms with Gasteiger partial charge in [0.15, 0.2) is 11.9 Å². The summed E-state index contributed by atoms with van der Waals surface area (Å²) >= 11 is 0. The highest BCUT2D eigenvalue weighted by molar-refractivity contribution is 6.11. The Morgan fingerprint density at radius 1 is 1.08 bits per heavy atom. The van der Waals surface area contributed by atoms with Crippen LogP contribution in [0.4, 0.5) is 30.7 Å². The molecule has 3 heterocycles. The molecule has 2 aromatic carbocycles. The van der Waals surface area contributed by atoms with Gasteiger partial charge in [0.1, 0.15) is 35.6 Å². The summed E-state index contributed by atoms with van der Waals surface area (Å²) in [6.45, 7) is 0.540. The summed E-state index contributed by atoms with van der Waals surface area (Å²) in [5.74, 6) is -6.57. The number of ether oxygens (including phenoxy) is 2. The van der Waals surface area contributed by atoms with Crippen molar-refractivity contribution in [2.24, 2.45) is 4.99 Å². The molecule has 0 spiro atoms. The van der Waals surface area contributed by atoms with Crippen LogP contribution in [0, 0.1) is 11.6 Å². The summed E-state index contributed by atoms with van der Waals surface area (Å²) in [4.78, 5) is 4.81. The van der Waals surface area contributed by atoms with Crippen molar-refractivity contribution in [1.29, 1.82) is 0 Å². The van der Waals surface area contributed by atoms with E-state index in [2.05, 4.69) is 25.1 Å². The van der Waals surface area contributed by atoms with Gasteiger partial charge < -0.3 is 9.47 Å². The van der Waals surface area contributed by atoms with Gasteiger partial charge in [0.2, 0.25) is 0 Å². The number of hydrogen-bond donors (Lipinski definition) is 0. The summed E-state index contributed by atoms with van der Waals surface area (Å²) < 4.78 is 108. The molecule has 2 aliphatic rings. The molecule has 194 valence electrons. The first-order chi connectivity index (χ1) is 17.3. The van der Waals surface area contributed by atoms with Crippen LogP contribution in [0.5, 0.6) is 5.75 Å². The zero-order chi connectivity index (χ0) is 26.6. The fraction of sp³-hybridized carbons (Fsp3) is 0.304. The summed E-state index contributed by atoms with van der Waals surface area (Å²) in [6.07, 6.45) is -1.42. The first-order valence-electron chi connectivity index (χ1n) is 10.7. The van der Waals surface area contributed by atoms with Crippen molar-refractivity contribution < 1.29 is 40.2 Å². The average molecular weight is 527 g/mol. The molecule has 0 aliphatic carbocycles. The van der Waals surface area contributed by atoms with Gasteiger partial charge in [-0.25, -0.2) is 17.6 Å². The second-order valence-corrected chi connectivity index (χ2v) is 8.68. The molecular weight excluding hydrogens is 511 g/mol. The number of hydrogen-bond acceptors (Lipinski definition) is 6. The van der Waals surface area contributed by atoms with Crippen LogP contribution < -0.4 is 4.74 Å². The molecular formula is C23H16F7N5O2. The third kappa shape index (κ3) is 4.24. The maximum Gasteiger partial charge on any atom is 0.573 e. The molecule has 3 aromatic rings. The van der Waals surface area contributed by atoms with Crippen molar-refractivity contribution in [2.45, 2.75) is 43.0 Å². The largest absolute Gasteiger partial charge is 0.573 e. The lowest BCUT2D eigenvalue weighted by Crippen LogP contribution is -2.51. The maximum absolute atomic E-state index is 16.2. The van der Waals surface area contributed by atoms with Gasteiger partial charge in [-0.2, -0.15) is 4.80 Å². The zero-order valence-corrected chi connectivity index (χ0v) is 18.8. The van der Waals surface area contributed by atoms with Gasteiger partial charge in [0, 0.05) is 17.8 Å². The predicted octanol–water partition coefficient (Wildman–Crippen LogP) is 4.71. The molecule has 5 rings (SSSR count). The SMILES string of the molecule is CC12C=C(c3ccc(OC(F)(F)F)cc3)C=NC1C(F)(F)C(Cn1ncnn1)(c1ccc(F)cc1F)O2. The minimum absolute atomic E-state index is 0.266. The highest BCUT2D eigenvalue weighted by atomic mass is 19.4. The topological polar surface area (TPSA) is 74.4 Å². The molecule has 3 unspecified atom stereocenters. The lowest BCUT2D eigenvalue weighted by molar-refractivity contribution is -0.274. The fourth-order valence-electron chi connectivity index (χ4n) is 4.67. The Morgan fingerprint density at radius 3 is 2.43 bits per heavy atom. The Morgan fingerprint density at radius 2 is 1.81 bits per heavy atom. The molecule has 0 radical (unpaired) electrons. The summed E-state index contributed by atoms with van der Waals surface area (Å²) in [5, 5.41) is 10.8. The van der Waals surface area contributed by atoms with Crippen LogP contribution in [0.3, 0.4) is 0 Å². The Balaban J connectivity index is 1.57. The quantitative estimate of drug-likeness (QED) is 0.450. The molecule has 0 N–H and O–H groups in total. The number of tetrazole rings is 1. The van der Waals surface area contributed by atoms with E-state index in [1.165, 1.54) is 25.1 Å². The molecule has 7 nitrogen and oxygen atoms in total. The number of fused-ring (bicyclic) bond motifs is 1. The van der Waals surface area contributed by atoms with Gasteiger partial charge in [-0.15, -0.1) is 23.4 Å². The van der Waals surface area contributed by atoms with Gasteiger partial charge in [0.25, 0.3) is 0 Å². The monoisotopic (exact) mass is 527 g/mol. The maximum atomic E-state index is 16.2. The van der Waals surface area contributed by atoms with Crippen LogP contribution in [-0.2, 0) is 16.9 Å². The van der Waals surface area contributed by atoms with E-state index >= 15 is 8.78 Å². The third-order valence-corrected chi connectivity index (χ3v) is 6.17. The number of alkyl halides is 5. The van der Waals surface area contributed by atoms with E-state index in [4.69, 9.17) is 4.74 Å².